The molecule has 2 N–H and O–H groups in total. The zero-order valence-corrected chi connectivity index (χ0v) is 9.38. The lowest BCUT2D eigenvalue weighted by molar-refractivity contribution is -0.0992. The number of aliphatic hydroxyl groups is 1. The van der Waals surface area contributed by atoms with E-state index in [1.807, 2.05) is 0 Å². The van der Waals surface area contributed by atoms with E-state index in [2.05, 4.69) is 19.2 Å². The van der Waals surface area contributed by atoms with Crippen LogP contribution in [0.3, 0.4) is 0 Å². The van der Waals surface area contributed by atoms with Crippen molar-refractivity contribution in [3.8, 4) is 0 Å². The van der Waals surface area contributed by atoms with E-state index in [1.165, 1.54) is 0 Å². The zero-order valence-electron chi connectivity index (χ0n) is 9.38. The van der Waals surface area contributed by atoms with Gasteiger partial charge in [0, 0.05) is 18.6 Å². The maximum Gasteiger partial charge on any atom is 0.0554 e. The van der Waals surface area contributed by atoms with Crippen molar-refractivity contribution < 1.29 is 9.84 Å². The Morgan fingerprint density at radius 3 is 2.64 bits per heavy atom. The molecule has 3 heteroatoms. The van der Waals surface area contributed by atoms with E-state index in [0.29, 0.717) is 17.9 Å². The molecule has 14 heavy (non-hydrogen) atoms. The van der Waals surface area contributed by atoms with Crippen molar-refractivity contribution in [2.75, 3.05) is 32.9 Å². The smallest absolute Gasteiger partial charge is 0.0554 e. The van der Waals surface area contributed by atoms with Gasteiger partial charge in [-0.3, -0.25) is 0 Å². The standard InChI is InChI=1S/C11H23NO2/c1-3-10(4-5-13)6-12-7-11(2)8-14-9-11/h10,12-13H,3-9H2,1-2H3. The molecule has 0 spiro atoms. The summed E-state index contributed by atoms with van der Waals surface area (Å²) in [5.41, 5.74) is 0.359. The molecule has 0 aliphatic carbocycles. The van der Waals surface area contributed by atoms with Gasteiger partial charge in [-0.05, 0) is 18.9 Å². The average Bonchev–Trinajstić information content (AvgIpc) is 2.14. The van der Waals surface area contributed by atoms with Crippen LogP contribution in [0.1, 0.15) is 26.7 Å². The molecule has 1 aliphatic rings. The van der Waals surface area contributed by atoms with E-state index in [4.69, 9.17) is 9.84 Å². The van der Waals surface area contributed by atoms with Gasteiger partial charge in [-0.25, -0.2) is 0 Å². The largest absolute Gasteiger partial charge is 0.396 e. The summed E-state index contributed by atoms with van der Waals surface area (Å²) in [6.07, 6.45) is 2.05. The fraction of sp³-hybridized carbons (Fsp3) is 1.00. The number of hydrogen-bond acceptors (Lipinski definition) is 3. The van der Waals surface area contributed by atoms with Gasteiger partial charge in [0.1, 0.15) is 0 Å². The predicted octanol–water partition coefficient (Wildman–Crippen LogP) is 1.02. The van der Waals surface area contributed by atoms with Gasteiger partial charge in [0.2, 0.25) is 0 Å². The highest BCUT2D eigenvalue weighted by Gasteiger charge is 2.32. The highest BCUT2D eigenvalue weighted by molar-refractivity contribution is 4.83. The molecule has 0 saturated carbocycles. The SMILES string of the molecule is CCC(CCO)CNCC1(C)COC1. The van der Waals surface area contributed by atoms with Crippen LogP contribution in [0.2, 0.25) is 0 Å². The van der Waals surface area contributed by atoms with Gasteiger partial charge in [-0.15, -0.1) is 0 Å². The maximum atomic E-state index is 8.84. The molecule has 1 rings (SSSR count). The summed E-state index contributed by atoms with van der Waals surface area (Å²) >= 11 is 0. The van der Waals surface area contributed by atoms with Gasteiger partial charge in [0.25, 0.3) is 0 Å². The molecule has 1 heterocycles. The summed E-state index contributed by atoms with van der Waals surface area (Å²) in [5, 5.41) is 12.3. The molecule has 1 unspecified atom stereocenters. The Morgan fingerprint density at radius 2 is 2.21 bits per heavy atom. The van der Waals surface area contributed by atoms with Gasteiger partial charge in [0.15, 0.2) is 0 Å². The van der Waals surface area contributed by atoms with Crippen molar-refractivity contribution in [3.63, 3.8) is 0 Å². The quantitative estimate of drug-likeness (QED) is 0.646. The van der Waals surface area contributed by atoms with Crippen LogP contribution in [0, 0.1) is 11.3 Å². The Kier molecular flexibility index (Phi) is 4.85. The Hall–Kier alpha value is -0.120. The lowest BCUT2D eigenvalue weighted by Crippen LogP contribution is -2.48. The van der Waals surface area contributed by atoms with Gasteiger partial charge < -0.3 is 15.2 Å². The lowest BCUT2D eigenvalue weighted by atomic mass is 9.88. The first-order valence-electron chi connectivity index (χ1n) is 5.59. The summed E-state index contributed by atoms with van der Waals surface area (Å²) in [6, 6.07) is 0. The van der Waals surface area contributed by atoms with Crippen LogP contribution in [0.4, 0.5) is 0 Å². The first-order valence-corrected chi connectivity index (χ1v) is 5.59. The van der Waals surface area contributed by atoms with Crippen LogP contribution in [0.25, 0.3) is 0 Å². The first-order chi connectivity index (χ1) is 6.70. The summed E-state index contributed by atoms with van der Waals surface area (Å²) in [4.78, 5) is 0. The minimum atomic E-state index is 0.306. The van der Waals surface area contributed by atoms with Crippen LogP contribution < -0.4 is 5.32 Å². The molecule has 0 radical (unpaired) electrons. The van der Waals surface area contributed by atoms with E-state index >= 15 is 0 Å². The topological polar surface area (TPSA) is 41.5 Å². The molecular formula is C11H23NO2. The van der Waals surface area contributed by atoms with Crippen molar-refractivity contribution in [2.45, 2.75) is 26.7 Å². The van der Waals surface area contributed by atoms with Crippen molar-refractivity contribution >= 4 is 0 Å². The third-order valence-corrected chi connectivity index (χ3v) is 3.00. The highest BCUT2D eigenvalue weighted by atomic mass is 16.5. The molecule has 1 saturated heterocycles. The lowest BCUT2D eigenvalue weighted by Gasteiger charge is -2.38. The van der Waals surface area contributed by atoms with E-state index in [1.54, 1.807) is 0 Å². The summed E-state index contributed by atoms with van der Waals surface area (Å²) < 4.78 is 5.19. The predicted molar refractivity (Wildman–Crippen MR) is 57.3 cm³/mol. The normalized spacial score (nSPS) is 21.6. The summed E-state index contributed by atoms with van der Waals surface area (Å²) in [7, 11) is 0. The Labute approximate surface area is 86.8 Å². The van der Waals surface area contributed by atoms with Gasteiger partial charge in [-0.1, -0.05) is 20.3 Å². The summed E-state index contributed by atoms with van der Waals surface area (Å²) in [5.74, 6) is 0.615. The number of hydrogen-bond donors (Lipinski definition) is 2. The number of aliphatic hydroxyl groups excluding tert-OH is 1. The van der Waals surface area contributed by atoms with Crippen LogP contribution >= 0.6 is 0 Å². The van der Waals surface area contributed by atoms with Crippen LogP contribution in [0.5, 0.6) is 0 Å². The van der Waals surface area contributed by atoms with Crippen LogP contribution in [-0.4, -0.2) is 38.0 Å². The second-order valence-corrected chi connectivity index (χ2v) is 4.72. The fourth-order valence-electron chi connectivity index (χ4n) is 1.76. The second kappa shape index (κ2) is 5.69. The third kappa shape index (κ3) is 3.56. The molecule has 0 amide bonds. The van der Waals surface area contributed by atoms with E-state index in [0.717, 1.165) is 39.1 Å². The van der Waals surface area contributed by atoms with E-state index in [9.17, 15) is 0 Å². The zero-order chi connectivity index (χ0) is 10.4. The molecular weight excluding hydrogens is 178 g/mol. The fourth-order valence-corrected chi connectivity index (χ4v) is 1.76. The highest BCUT2D eigenvalue weighted by Crippen LogP contribution is 2.25. The van der Waals surface area contributed by atoms with Gasteiger partial charge >= 0.3 is 0 Å². The summed E-state index contributed by atoms with van der Waals surface area (Å²) in [6.45, 7) is 8.56. The second-order valence-electron chi connectivity index (χ2n) is 4.72. The molecule has 1 fully saturated rings. The third-order valence-electron chi connectivity index (χ3n) is 3.00. The van der Waals surface area contributed by atoms with Crippen molar-refractivity contribution in [3.05, 3.63) is 0 Å². The van der Waals surface area contributed by atoms with Crippen molar-refractivity contribution in [1.29, 1.82) is 0 Å². The van der Waals surface area contributed by atoms with Crippen LogP contribution in [0.15, 0.2) is 0 Å². The number of rotatable bonds is 7. The molecule has 0 aromatic rings. The molecule has 84 valence electrons. The molecule has 3 nitrogen and oxygen atoms in total. The first kappa shape index (κ1) is 12.0. The van der Waals surface area contributed by atoms with Crippen molar-refractivity contribution in [1.82, 2.24) is 5.32 Å². The van der Waals surface area contributed by atoms with E-state index < -0.39 is 0 Å². The van der Waals surface area contributed by atoms with Gasteiger partial charge in [0.05, 0.1) is 13.2 Å². The average molecular weight is 201 g/mol. The Morgan fingerprint density at radius 1 is 1.50 bits per heavy atom. The molecule has 0 aromatic heterocycles. The minimum absolute atomic E-state index is 0.306. The maximum absolute atomic E-state index is 8.84. The Balaban J connectivity index is 2.06. The monoisotopic (exact) mass is 201 g/mol. The Bertz CT molecular complexity index is 157. The van der Waals surface area contributed by atoms with Gasteiger partial charge in [-0.2, -0.15) is 0 Å². The number of nitrogens with one attached hydrogen (secondary N) is 1. The minimum Gasteiger partial charge on any atom is -0.396 e. The molecule has 1 atom stereocenters. The van der Waals surface area contributed by atoms with Crippen molar-refractivity contribution in [2.24, 2.45) is 11.3 Å². The van der Waals surface area contributed by atoms with E-state index in [-0.39, 0.29) is 0 Å². The number of ether oxygens (including phenoxy) is 1. The van der Waals surface area contributed by atoms with Crippen LogP contribution in [-0.2, 0) is 4.74 Å². The molecule has 0 aromatic carbocycles. The molecule has 1 aliphatic heterocycles. The molecule has 0 bridgehead atoms.